The van der Waals surface area contributed by atoms with Gasteiger partial charge in [-0.25, -0.2) is 4.79 Å². The molecule has 2 aliphatic carbocycles. The molecule has 2 aliphatic rings. The Morgan fingerprint density at radius 1 is 1.42 bits per heavy atom. The summed E-state index contributed by atoms with van der Waals surface area (Å²) in [6, 6.07) is 0. The fourth-order valence-electron chi connectivity index (χ4n) is 4.32. The first-order valence-corrected chi connectivity index (χ1v) is 8.84. The molecule has 1 N–H and O–H groups in total. The SMILES string of the molecule is C/C=C(\C)C(=O)OC1CC(C)=CC(=O)C2(C)CCC(O)(C(C)C)C12. The summed E-state index contributed by atoms with van der Waals surface area (Å²) in [5, 5.41) is 11.4. The van der Waals surface area contributed by atoms with Crippen molar-refractivity contribution < 1.29 is 19.4 Å². The van der Waals surface area contributed by atoms with Gasteiger partial charge in [0.2, 0.25) is 0 Å². The lowest BCUT2D eigenvalue weighted by atomic mass is 9.67. The van der Waals surface area contributed by atoms with Gasteiger partial charge in [0.15, 0.2) is 5.78 Å². The summed E-state index contributed by atoms with van der Waals surface area (Å²) >= 11 is 0. The van der Waals surface area contributed by atoms with Gasteiger partial charge in [0.25, 0.3) is 0 Å². The highest BCUT2D eigenvalue weighted by atomic mass is 16.5. The molecule has 0 spiro atoms. The zero-order valence-electron chi connectivity index (χ0n) is 15.7. The minimum absolute atomic E-state index is 0.0143. The van der Waals surface area contributed by atoms with Crippen molar-refractivity contribution in [1.29, 1.82) is 0 Å². The first kappa shape index (κ1) is 18.9. The van der Waals surface area contributed by atoms with Gasteiger partial charge in [0.1, 0.15) is 6.10 Å². The fourth-order valence-corrected chi connectivity index (χ4v) is 4.32. The van der Waals surface area contributed by atoms with E-state index >= 15 is 0 Å². The van der Waals surface area contributed by atoms with Crippen LogP contribution in [-0.4, -0.2) is 28.6 Å². The zero-order valence-corrected chi connectivity index (χ0v) is 15.7. The predicted octanol–water partition coefficient (Wildman–Crippen LogP) is 3.59. The van der Waals surface area contributed by atoms with Gasteiger partial charge >= 0.3 is 5.97 Å². The smallest absolute Gasteiger partial charge is 0.333 e. The second kappa shape index (κ2) is 6.47. The molecular formula is C20H30O4. The lowest BCUT2D eigenvalue weighted by Crippen LogP contribution is -2.52. The first-order valence-electron chi connectivity index (χ1n) is 8.84. The standard InChI is InChI=1S/C20H30O4/c1-7-14(5)18(22)24-15-10-13(4)11-16(21)19(6)8-9-20(23,12(2)3)17(15)19/h7,11-12,15,17,23H,8-10H2,1-6H3/b14-7+. The van der Waals surface area contributed by atoms with E-state index in [1.165, 1.54) is 0 Å². The molecule has 0 bridgehead atoms. The van der Waals surface area contributed by atoms with E-state index < -0.39 is 17.1 Å². The Kier molecular flexibility index (Phi) is 5.10. The normalized spacial score (nSPS) is 37.1. The van der Waals surface area contributed by atoms with Crippen LogP contribution in [0.15, 0.2) is 23.3 Å². The molecule has 0 aromatic rings. The molecule has 1 saturated carbocycles. The van der Waals surface area contributed by atoms with Gasteiger partial charge in [0, 0.05) is 23.3 Å². The van der Waals surface area contributed by atoms with Crippen molar-refractivity contribution in [2.24, 2.45) is 17.3 Å². The number of ether oxygens (including phenoxy) is 1. The van der Waals surface area contributed by atoms with Crippen molar-refractivity contribution in [1.82, 2.24) is 0 Å². The summed E-state index contributed by atoms with van der Waals surface area (Å²) < 4.78 is 5.81. The molecule has 4 atom stereocenters. The highest BCUT2D eigenvalue weighted by molar-refractivity contribution is 5.96. The van der Waals surface area contributed by atoms with E-state index in [-0.39, 0.29) is 23.6 Å². The number of hydrogen-bond acceptors (Lipinski definition) is 4. The van der Waals surface area contributed by atoms with E-state index in [0.29, 0.717) is 24.8 Å². The number of allylic oxidation sites excluding steroid dienone is 2. The summed E-state index contributed by atoms with van der Waals surface area (Å²) in [4.78, 5) is 25.2. The first-order chi connectivity index (χ1) is 11.1. The summed E-state index contributed by atoms with van der Waals surface area (Å²) in [5.41, 5.74) is -0.249. The fraction of sp³-hybridized carbons (Fsp3) is 0.700. The number of rotatable bonds is 3. The lowest BCUT2D eigenvalue weighted by Gasteiger charge is -2.42. The van der Waals surface area contributed by atoms with Crippen molar-refractivity contribution in [3.05, 3.63) is 23.3 Å². The molecule has 2 rings (SSSR count). The topological polar surface area (TPSA) is 63.6 Å². The summed E-state index contributed by atoms with van der Waals surface area (Å²) in [6.07, 6.45) is 4.57. The molecule has 0 saturated heterocycles. The summed E-state index contributed by atoms with van der Waals surface area (Å²) in [7, 11) is 0. The van der Waals surface area contributed by atoms with Gasteiger partial charge in [-0.1, -0.05) is 32.4 Å². The molecule has 0 aliphatic heterocycles. The minimum Gasteiger partial charge on any atom is -0.458 e. The quantitative estimate of drug-likeness (QED) is 0.633. The van der Waals surface area contributed by atoms with Crippen LogP contribution in [0.3, 0.4) is 0 Å². The third-order valence-electron chi connectivity index (χ3n) is 6.12. The van der Waals surface area contributed by atoms with Crippen molar-refractivity contribution in [3.8, 4) is 0 Å². The third kappa shape index (κ3) is 2.97. The van der Waals surface area contributed by atoms with Crippen LogP contribution in [0.25, 0.3) is 0 Å². The molecule has 1 fully saturated rings. The van der Waals surface area contributed by atoms with Gasteiger partial charge in [-0.3, -0.25) is 4.79 Å². The molecule has 4 heteroatoms. The second-order valence-corrected chi connectivity index (χ2v) is 8.02. The molecule has 0 heterocycles. The number of ketones is 1. The van der Waals surface area contributed by atoms with Crippen LogP contribution in [0.4, 0.5) is 0 Å². The Labute approximate surface area is 145 Å². The van der Waals surface area contributed by atoms with E-state index in [9.17, 15) is 14.7 Å². The highest BCUT2D eigenvalue weighted by Gasteiger charge is 2.62. The van der Waals surface area contributed by atoms with Crippen LogP contribution < -0.4 is 0 Å². The van der Waals surface area contributed by atoms with E-state index in [0.717, 1.165) is 5.57 Å². The number of carbonyl (C=O) groups is 2. The minimum atomic E-state index is -1.00. The van der Waals surface area contributed by atoms with Crippen LogP contribution in [0.1, 0.15) is 60.8 Å². The van der Waals surface area contributed by atoms with E-state index in [2.05, 4.69) is 0 Å². The van der Waals surface area contributed by atoms with Gasteiger partial charge in [0.05, 0.1) is 5.60 Å². The average molecular weight is 334 g/mol. The maximum Gasteiger partial charge on any atom is 0.333 e. The third-order valence-corrected chi connectivity index (χ3v) is 6.12. The average Bonchev–Trinajstić information content (AvgIpc) is 2.74. The van der Waals surface area contributed by atoms with Crippen LogP contribution >= 0.6 is 0 Å². The molecule has 0 aromatic carbocycles. The number of aliphatic hydroxyl groups is 1. The van der Waals surface area contributed by atoms with Gasteiger partial charge in [-0.05, 0) is 45.6 Å². The molecule has 134 valence electrons. The predicted molar refractivity (Wildman–Crippen MR) is 93.3 cm³/mol. The molecule has 24 heavy (non-hydrogen) atoms. The largest absolute Gasteiger partial charge is 0.458 e. The Morgan fingerprint density at radius 3 is 2.58 bits per heavy atom. The molecular weight excluding hydrogens is 304 g/mol. The molecule has 4 nitrogen and oxygen atoms in total. The summed E-state index contributed by atoms with van der Waals surface area (Å²) in [5.74, 6) is -0.729. The Morgan fingerprint density at radius 2 is 2.04 bits per heavy atom. The molecule has 0 radical (unpaired) electrons. The number of fused-ring (bicyclic) bond motifs is 1. The Hall–Kier alpha value is -1.42. The van der Waals surface area contributed by atoms with Crippen molar-refractivity contribution in [3.63, 3.8) is 0 Å². The maximum absolute atomic E-state index is 12.8. The monoisotopic (exact) mass is 334 g/mol. The zero-order chi connectivity index (χ0) is 18.3. The second-order valence-electron chi connectivity index (χ2n) is 8.02. The molecule has 0 aromatic heterocycles. The van der Waals surface area contributed by atoms with Gasteiger partial charge in [-0.15, -0.1) is 0 Å². The van der Waals surface area contributed by atoms with E-state index in [1.54, 1.807) is 26.0 Å². The van der Waals surface area contributed by atoms with Crippen molar-refractivity contribution in [2.75, 3.05) is 0 Å². The van der Waals surface area contributed by atoms with Crippen LogP contribution in [-0.2, 0) is 14.3 Å². The van der Waals surface area contributed by atoms with E-state index in [4.69, 9.17) is 4.74 Å². The number of carbonyl (C=O) groups excluding carboxylic acids is 2. The lowest BCUT2D eigenvalue weighted by molar-refractivity contribution is -0.164. The Balaban J connectivity index is 2.48. The van der Waals surface area contributed by atoms with Crippen molar-refractivity contribution in [2.45, 2.75) is 72.5 Å². The molecule has 4 unspecified atom stereocenters. The van der Waals surface area contributed by atoms with Gasteiger partial charge < -0.3 is 9.84 Å². The van der Waals surface area contributed by atoms with Gasteiger partial charge in [-0.2, -0.15) is 0 Å². The highest BCUT2D eigenvalue weighted by Crippen LogP contribution is 2.56. The number of esters is 1. The van der Waals surface area contributed by atoms with Crippen LogP contribution in [0.2, 0.25) is 0 Å². The maximum atomic E-state index is 12.8. The number of hydrogen-bond donors (Lipinski definition) is 1. The summed E-state index contributed by atoms with van der Waals surface area (Å²) in [6.45, 7) is 11.3. The molecule has 0 amide bonds. The van der Waals surface area contributed by atoms with Crippen LogP contribution in [0, 0.1) is 17.3 Å². The Bertz CT molecular complexity index is 601. The van der Waals surface area contributed by atoms with E-state index in [1.807, 2.05) is 27.7 Å². The van der Waals surface area contributed by atoms with Crippen molar-refractivity contribution >= 4 is 11.8 Å². The van der Waals surface area contributed by atoms with Crippen LogP contribution in [0.5, 0.6) is 0 Å².